The lowest BCUT2D eigenvalue weighted by Crippen LogP contribution is -2.52. The molecule has 0 aliphatic carbocycles. The first-order chi connectivity index (χ1) is 16.7. The Morgan fingerprint density at radius 2 is 1.63 bits per heavy atom. The molecule has 0 spiro atoms. The SMILES string of the molecule is CC(C)(NC(=O)c1ccncn1)C(=O)Nc1nc(-c2ccc(F)cc2)c(Oc2ccc(F)cc2)s1. The summed E-state index contributed by atoms with van der Waals surface area (Å²) in [4.78, 5) is 37.5. The van der Waals surface area contributed by atoms with Gasteiger partial charge in [0.15, 0.2) is 5.13 Å². The van der Waals surface area contributed by atoms with Crippen molar-refractivity contribution in [3.8, 4) is 22.1 Å². The molecule has 2 N–H and O–H groups in total. The Labute approximate surface area is 203 Å². The molecule has 35 heavy (non-hydrogen) atoms. The summed E-state index contributed by atoms with van der Waals surface area (Å²) in [6.07, 6.45) is 2.65. The summed E-state index contributed by atoms with van der Waals surface area (Å²) in [5.74, 6) is -1.56. The van der Waals surface area contributed by atoms with Gasteiger partial charge in [-0.3, -0.25) is 14.9 Å². The number of hydrogen-bond acceptors (Lipinski definition) is 7. The van der Waals surface area contributed by atoms with Crippen molar-refractivity contribution in [2.24, 2.45) is 0 Å². The molecule has 178 valence electrons. The second-order valence-electron chi connectivity index (χ2n) is 7.85. The van der Waals surface area contributed by atoms with Gasteiger partial charge in [-0.2, -0.15) is 0 Å². The molecular formula is C24H19F2N5O3S. The number of halogens is 2. The molecule has 2 aromatic heterocycles. The van der Waals surface area contributed by atoms with Gasteiger partial charge in [0.25, 0.3) is 11.8 Å². The largest absolute Gasteiger partial charge is 0.444 e. The minimum Gasteiger partial charge on any atom is -0.444 e. The Morgan fingerprint density at radius 1 is 0.971 bits per heavy atom. The predicted octanol–water partition coefficient (Wildman–Crippen LogP) is 4.82. The average Bonchev–Trinajstić information content (AvgIpc) is 3.23. The molecule has 0 unspecified atom stereocenters. The third kappa shape index (κ3) is 5.82. The summed E-state index contributed by atoms with van der Waals surface area (Å²) >= 11 is 1.03. The number of carbonyl (C=O) groups excluding carboxylic acids is 2. The lowest BCUT2D eigenvalue weighted by molar-refractivity contribution is -0.120. The van der Waals surface area contributed by atoms with Gasteiger partial charge in [-0.15, -0.1) is 0 Å². The predicted molar refractivity (Wildman–Crippen MR) is 126 cm³/mol. The van der Waals surface area contributed by atoms with E-state index in [0.29, 0.717) is 22.1 Å². The molecular weight excluding hydrogens is 476 g/mol. The first-order valence-electron chi connectivity index (χ1n) is 10.3. The smallest absolute Gasteiger partial charge is 0.270 e. The van der Waals surface area contributed by atoms with Crippen LogP contribution in [0.15, 0.2) is 67.1 Å². The summed E-state index contributed by atoms with van der Waals surface area (Å²) < 4.78 is 32.6. The van der Waals surface area contributed by atoms with Crippen LogP contribution in [0.5, 0.6) is 10.8 Å². The molecule has 11 heteroatoms. The zero-order valence-electron chi connectivity index (χ0n) is 18.6. The molecule has 4 rings (SSSR count). The van der Waals surface area contributed by atoms with Gasteiger partial charge in [0.05, 0.1) is 0 Å². The van der Waals surface area contributed by atoms with Crippen molar-refractivity contribution in [2.45, 2.75) is 19.4 Å². The van der Waals surface area contributed by atoms with Crippen LogP contribution < -0.4 is 15.4 Å². The van der Waals surface area contributed by atoms with Crippen LogP contribution in [0.25, 0.3) is 11.3 Å². The number of aromatic nitrogens is 3. The molecule has 0 radical (unpaired) electrons. The zero-order valence-corrected chi connectivity index (χ0v) is 19.4. The number of nitrogens with one attached hydrogen (secondary N) is 2. The summed E-state index contributed by atoms with van der Waals surface area (Å²) in [7, 11) is 0. The van der Waals surface area contributed by atoms with Crippen LogP contribution in [-0.4, -0.2) is 32.3 Å². The van der Waals surface area contributed by atoms with Crippen molar-refractivity contribution < 1.29 is 23.1 Å². The van der Waals surface area contributed by atoms with Gasteiger partial charge in [-0.1, -0.05) is 11.3 Å². The van der Waals surface area contributed by atoms with Crippen molar-refractivity contribution in [1.29, 1.82) is 0 Å². The Hall–Kier alpha value is -4.25. The molecule has 0 aliphatic heterocycles. The molecule has 2 amide bonds. The molecule has 0 saturated heterocycles. The van der Waals surface area contributed by atoms with E-state index in [1.807, 2.05) is 0 Å². The maximum Gasteiger partial charge on any atom is 0.270 e. The molecule has 4 aromatic rings. The van der Waals surface area contributed by atoms with E-state index >= 15 is 0 Å². The minimum atomic E-state index is -1.32. The summed E-state index contributed by atoms with van der Waals surface area (Å²) in [6.45, 7) is 3.07. The van der Waals surface area contributed by atoms with E-state index in [1.54, 1.807) is 0 Å². The minimum absolute atomic E-state index is 0.115. The van der Waals surface area contributed by atoms with Crippen LogP contribution in [0.2, 0.25) is 0 Å². The lowest BCUT2D eigenvalue weighted by Gasteiger charge is -2.24. The molecule has 0 saturated carbocycles. The molecule has 2 heterocycles. The maximum atomic E-state index is 13.4. The summed E-state index contributed by atoms with van der Waals surface area (Å²) in [5.41, 5.74) is -0.292. The number of thiazole rings is 1. The van der Waals surface area contributed by atoms with Gasteiger partial charge in [0.1, 0.15) is 40.6 Å². The van der Waals surface area contributed by atoms with Crippen LogP contribution in [0, 0.1) is 11.6 Å². The van der Waals surface area contributed by atoms with E-state index in [9.17, 15) is 18.4 Å². The van der Waals surface area contributed by atoms with Crippen molar-refractivity contribution in [2.75, 3.05) is 5.32 Å². The first kappa shape index (κ1) is 23.9. The van der Waals surface area contributed by atoms with Crippen molar-refractivity contribution in [3.63, 3.8) is 0 Å². The van der Waals surface area contributed by atoms with Crippen molar-refractivity contribution >= 4 is 28.3 Å². The van der Waals surface area contributed by atoms with Gasteiger partial charge >= 0.3 is 0 Å². The van der Waals surface area contributed by atoms with E-state index in [4.69, 9.17) is 4.74 Å². The van der Waals surface area contributed by atoms with Crippen LogP contribution in [0.1, 0.15) is 24.3 Å². The van der Waals surface area contributed by atoms with E-state index in [-0.39, 0.29) is 10.8 Å². The van der Waals surface area contributed by atoms with Crippen molar-refractivity contribution in [1.82, 2.24) is 20.3 Å². The monoisotopic (exact) mass is 495 g/mol. The number of amides is 2. The van der Waals surface area contributed by atoms with Gasteiger partial charge in [-0.25, -0.2) is 23.7 Å². The van der Waals surface area contributed by atoms with E-state index in [0.717, 1.165) is 11.3 Å². The van der Waals surface area contributed by atoms with Crippen molar-refractivity contribution in [3.05, 3.63) is 84.4 Å². The van der Waals surface area contributed by atoms with Gasteiger partial charge in [-0.05, 0) is 68.4 Å². The van der Waals surface area contributed by atoms with Crippen LogP contribution in [0.4, 0.5) is 13.9 Å². The third-order valence-electron chi connectivity index (χ3n) is 4.77. The maximum absolute atomic E-state index is 13.4. The van der Waals surface area contributed by atoms with Gasteiger partial charge in [0.2, 0.25) is 5.06 Å². The highest BCUT2D eigenvalue weighted by molar-refractivity contribution is 7.18. The van der Waals surface area contributed by atoms with Crippen LogP contribution >= 0.6 is 11.3 Å². The number of rotatable bonds is 7. The fourth-order valence-electron chi connectivity index (χ4n) is 2.91. The lowest BCUT2D eigenvalue weighted by atomic mass is 10.0. The molecule has 0 fully saturated rings. The van der Waals surface area contributed by atoms with Crippen LogP contribution in [0.3, 0.4) is 0 Å². The fourth-order valence-corrected chi connectivity index (χ4v) is 3.77. The van der Waals surface area contributed by atoms with Gasteiger partial charge in [0, 0.05) is 11.8 Å². The number of hydrogen-bond donors (Lipinski definition) is 2. The number of ether oxygens (including phenoxy) is 1. The van der Waals surface area contributed by atoms with E-state index < -0.39 is 29.0 Å². The number of carbonyl (C=O) groups is 2. The van der Waals surface area contributed by atoms with E-state index in [2.05, 4.69) is 25.6 Å². The first-order valence-corrected chi connectivity index (χ1v) is 11.1. The summed E-state index contributed by atoms with van der Waals surface area (Å²) in [6, 6.07) is 12.4. The molecule has 2 aromatic carbocycles. The Kier molecular flexibility index (Phi) is 6.78. The molecule has 8 nitrogen and oxygen atoms in total. The third-order valence-corrected chi connectivity index (χ3v) is 5.62. The standard InChI is InChI=1S/C24H19F2N5O3S/c1-24(2,31-20(32)18-11-12-27-13-28-18)22(33)30-23-29-19(14-3-5-15(25)6-4-14)21(35-23)34-17-9-7-16(26)8-10-17/h3-13H,1-2H3,(H,31,32)(H,29,30,33). The average molecular weight is 496 g/mol. The zero-order chi connectivity index (χ0) is 25.0. The Morgan fingerprint density at radius 3 is 2.26 bits per heavy atom. The highest BCUT2D eigenvalue weighted by Crippen LogP contribution is 2.40. The Balaban J connectivity index is 1.57. The van der Waals surface area contributed by atoms with Crippen LogP contribution in [-0.2, 0) is 4.79 Å². The molecule has 0 aliphatic rings. The summed E-state index contributed by atoms with van der Waals surface area (Å²) in [5, 5.41) is 5.80. The highest BCUT2D eigenvalue weighted by atomic mass is 32.1. The topological polar surface area (TPSA) is 106 Å². The fraction of sp³-hybridized carbons (Fsp3) is 0.125. The molecule has 0 bridgehead atoms. The highest BCUT2D eigenvalue weighted by Gasteiger charge is 2.31. The number of nitrogens with zero attached hydrogens (tertiary/aromatic N) is 3. The van der Waals surface area contributed by atoms with Gasteiger partial charge < -0.3 is 10.1 Å². The second-order valence-corrected chi connectivity index (χ2v) is 8.81. The second kappa shape index (κ2) is 9.94. The quantitative estimate of drug-likeness (QED) is 0.381. The normalized spacial score (nSPS) is 11.1. The van der Waals surface area contributed by atoms with E-state index in [1.165, 1.54) is 81.0 Å². The Bertz CT molecular complexity index is 1340. The molecule has 0 atom stereocenters. The number of anilines is 1. The number of benzene rings is 2.